The number of hydrogen-bond donors (Lipinski definition) is 0. The summed E-state index contributed by atoms with van der Waals surface area (Å²) < 4.78 is 6.95. The normalized spacial score (nSPS) is 10.8. The van der Waals surface area contributed by atoms with Crippen LogP contribution in [-0.4, -0.2) is 32.8 Å². The minimum atomic E-state index is 0.108. The first-order chi connectivity index (χ1) is 12.0. The molecule has 0 atom stereocenters. The Bertz CT molecular complexity index is 815. The van der Waals surface area contributed by atoms with E-state index >= 15 is 0 Å². The van der Waals surface area contributed by atoms with Gasteiger partial charge in [-0.2, -0.15) is 5.10 Å². The average molecular weight is 338 g/mol. The lowest BCUT2D eigenvalue weighted by Crippen LogP contribution is -2.26. The van der Waals surface area contributed by atoms with Crippen molar-refractivity contribution in [3.8, 4) is 5.69 Å². The molecule has 0 spiro atoms. The van der Waals surface area contributed by atoms with Gasteiger partial charge in [0, 0.05) is 38.0 Å². The lowest BCUT2D eigenvalue weighted by molar-refractivity contribution is -0.130. The molecule has 1 aromatic carbocycles. The quantitative estimate of drug-likeness (QED) is 0.693. The first kappa shape index (κ1) is 17.0. The van der Waals surface area contributed by atoms with Crippen LogP contribution in [0.1, 0.15) is 29.0 Å². The zero-order chi connectivity index (χ0) is 17.8. The highest BCUT2D eigenvalue weighted by Gasteiger charge is 2.14. The van der Waals surface area contributed by atoms with E-state index < -0.39 is 0 Å². The van der Waals surface area contributed by atoms with E-state index in [1.807, 2.05) is 62.1 Å². The topological polar surface area (TPSA) is 64.2 Å². The molecule has 0 aliphatic rings. The Morgan fingerprint density at radius 2 is 2.00 bits per heavy atom. The van der Waals surface area contributed by atoms with E-state index in [-0.39, 0.29) is 5.91 Å². The molecule has 25 heavy (non-hydrogen) atoms. The summed E-state index contributed by atoms with van der Waals surface area (Å²) in [5, 5.41) is 8.14. The summed E-state index contributed by atoms with van der Waals surface area (Å²) in [6.07, 6.45) is 4.76. The minimum Gasteiger partial charge on any atom is -0.361 e. The van der Waals surface area contributed by atoms with E-state index in [2.05, 4.69) is 10.3 Å². The molecule has 6 heteroatoms. The Morgan fingerprint density at radius 3 is 2.60 bits per heavy atom. The van der Waals surface area contributed by atoms with Gasteiger partial charge >= 0.3 is 0 Å². The predicted octanol–water partition coefficient (Wildman–Crippen LogP) is 3.07. The van der Waals surface area contributed by atoms with E-state index in [4.69, 9.17) is 4.52 Å². The van der Waals surface area contributed by atoms with Crippen molar-refractivity contribution in [3.63, 3.8) is 0 Å². The molecule has 0 aliphatic heterocycles. The first-order valence-electron chi connectivity index (χ1n) is 8.29. The van der Waals surface area contributed by atoms with Gasteiger partial charge in [-0.25, -0.2) is 4.68 Å². The van der Waals surface area contributed by atoms with Gasteiger partial charge in [-0.15, -0.1) is 0 Å². The lowest BCUT2D eigenvalue weighted by atomic mass is 10.1. The van der Waals surface area contributed by atoms with Crippen molar-refractivity contribution in [2.75, 3.05) is 7.05 Å². The van der Waals surface area contributed by atoms with E-state index in [0.717, 1.165) is 28.3 Å². The number of carbonyl (C=O) groups is 1. The molecule has 0 saturated carbocycles. The van der Waals surface area contributed by atoms with E-state index in [1.54, 1.807) is 11.1 Å². The predicted molar refractivity (Wildman–Crippen MR) is 94.3 cm³/mol. The van der Waals surface area contributed by atoms with Crippen molar-refractivity contribution < 1.29 is 9.32 Å². The molecule has 0 radical (unpaired) electrons. The van der Waals surface area contributed by atoms with Crippen LogP contribution in [0, 0.1) is 13.8 Å². The number of aromatic nitrogens is 3. The molecule has 0 unspecified atom stereocenters. The molecule has 0 N–H and O–H groups in total. The molecule has 0 saturated heterocycles. The van der Waals surface area contributed by atoms with E-state index in [9.17, 15) is 4.79 Å². The van der Waals surface area contributed by atoms with Crippen LogP contribution in [0.3, 0.4) is 0 Å². The van der Waals surface area contributed by atoms with Gasteiger partial charge < -0.3 is 9.42 Å². The molecule has 2 heterocycles. The molecule has 6 nitrogen and oxygen atoms in total. The second kappa shape index (κ2) is 7.34. The SMILES string of the molecule is Cc1noc(C)c1CCC(=O)N(C)Cc1ccc(-n2cccn2)cc1. The summed E-state index contributed by atoms with van der Waals surface area (Å²) in [4.78, 5) is 14.1. The molecule has 2 aromatic heterocycles. The second-order valence-electron chi connectivity index (χ2n) is 6.17. The van der Waals surface area contributed by atoms with Crippen molar-refractivity contribution >= 4 is 5.91 Å². The highest BCUT2D eigenvalue weighted by atomic mass is 16.5. The van der Waals surface area contributed by atoms with Crippen LogP contribution in [0.25, 0.3) is 5.69 Å². The van der Waals surface area contributed by atoms with Gasteiger partial charge in [0.15, 0.2) is 0 Å². The van der Waals surface area contributed by atoms with Gasteiger partial charge in [0.05, 0.1) is 11.4 Å². The van der Waals surface area contributed by atoms with Crippen molar-refractivity contribution in [1.82, 2.24) is 19.8 Å². The zero-order valence-electron chi connectivity index (χ0n) is 14.8. The number of rotatable bonds is 6. The van der Waals surface area contributed by atoms with Crippen LogP contribution in [-0.2, 0) is 17.8 Å². The fourth-order valence-corrected chi connectivity index (χ4v) is 2.82. The van der Waals surface area contributed by atoms with Gasteiger partial charge in [0.25, 0.3) is 0 Å². The Hall–Kier alpha value is -2.89. The van der Waals surface area contributed by atoms with Gasteiger partial charge in [-0.1, -0.05) is 17.3 Å². The Balaban J connectivity index is 1.56. The summed E-state index contributed by atoms with van der Waals surface area (Å²) in [6, 6.07) is 9.94. The Kier molecular flexibility index (Phi) is 4.97. The van der Waals surface area contributed by atoms with Crippen molar-refractivity contribution in [2.24, 2.45) is 0 Å². The average Bonchev–Trinajstić information content (AvgIpc) is 3.24. The van der Waals surface area contributed by atoms with Crippen LogP contribution in [0.15, 0.2) is 47.2 Å². The summed E-state index contributed by atoms with van der Waals surface area (Å²) >= 11 is 0. The standard InChI is InChI=1S/C19H22N4O2/c1-14-18(15(2)25-21-14)9-10-19(24)22(3)13-16-5-7-17(8-6-16)23-12-4-11-20-23/h4-8,11-12H,9-10,13H2,1-3H3. The molecule has 3 rings (SSSR count). The maximum absolute atomic E-state index is 12.4. The zero-order valence-corrected chi connectivity index (χ0v) is 14.8. The van der Waals surface area contributed by atoms with Crippen LogP contribution in [0.5, 0.6) is 0 Å². The van der Waals surface area contributed by atoms with Crippen LogP contribution >= 0.6 is 0 Å². The first-order valence-corrected chi connectivity index (χ1v) is 8.29. The van der Waals surface area contributed by atoms with E-state index in [1.165, 1.54) is 0 Å². The summed E-state index contributed by atoms with van der Waals surface area (Å²) in [7, 11) is 1.83. The largest absolute Gasteiger partial charge is 0.361 e. The molecular formula is C19H22N4O2. The molecule has 3 aromatic rings. The van der Waals surface area contributed by atoms with Crippen molar-refractivity contribution in [2.45, 2.75) is 33.2 Å². The molecular weight excluding hydrogens is 316 g/mol. The Morgan fingerprint density at radius 1 is 1.24 bits per heavy atom. The van der Waals surface area contributed by atoms with E-state index in [0.29, 0.717) is 19.4 Å². The third-order valence-electron chi connectivity index (χ3n) is 4.32. The van der Waals surface area contributed by atoms with Crippen molar-refractivity contribution in [1.29, 1.82) is 0 Å². The van der Waals surface area contributed by atoms with Gasteiger partial charge in [-0.3, -0.25) is 4.79 Å². The summed E-state index contributed by atoms with van der Waals surface area (Å²) in [5.41, 5.74) is 3.98. The highest BCUT2D eigenvalue weighted by Crippen LogP contribution is 2.16. The number of benzene rings is 1. The third kappa shape index (κ3) is 3.96. The molecule has 130 valence electrons. The fraction of sp³-hybridized carbons (Fsp3) is 0.316. The number of hydrogen-bond acceptors (Lipinski definition) is 4. The summed E-state index contributed by atoms with van der Waals surface area (Å²) in [6.45, 7) is 4.37. The van der Waals surface area contributed by atoms with Crippen LogP contribution in [0.4, 0.5) is 0 Å². The smallest absolute Gasteiger partial charge is 0.222 e. The third-order valence-corrected chi connectivity index (χ3v) is 4.32. The molecule has 0 fully saturated rings. The second-order valence-corrected chi connectivity index (χ2v) is 6.17. The van der Waals surface area contributed by atoms with Gasteiger partial charge in [0.2, 0.25) is 5.91 Å². The minimum absolute atomic E-state index is 0.108. The number of amides is 1. The summed E-state index contributed by atoms with van der Waals surface area (Å²) in [5.74, 6) is 0.901. The highest BCUT2D eigenvalue weighted by molar-refractivity contribution is 5.76. The fourth-order valence-electron chi connectivity index (χ4n) is 2.82. The number of aryl methyl sites for hydroxylation is 2. The lowest BCUT2D eigenvalue weighted by Gasteiger charge is -2.17. The molecule has 0 aliphatic carbocycles. The van der Waals surface area contributed by atoms with Crippen molar-refractivity contribution in [3.05, 3.63) is 65.3 Å². The van der Waals surface area contributed by atoms with Gasteiger partial charge in [-0.05, 0) is 44.0 Å². The van der Waals surface area contributed by atoms with Crippen LogP contribution in [0.2, 0.25) is 0 Å². The maximum Gasteiger partial charge on any atom is 0.222 e. The van der Waals surface area contributed by atoms with Gasteiger partial charge in [0.1, 0.15) is 5.76 Å². The molecule has 1 amide bonds. The Labute approximate surface area is 147 Å². The molecule has 0 bridgehead atoms. The van der Waals surface area contributed by atoms with Crippen LogP contribution < -0.4 is 0 Å². The monoisotopic (exact) mass is 338 g/mol. The number of nitrogens with zero attached hydrogens (tertiary/aromatic N) is 4. The maximum atomic E-state index is 12.4. The number of carbonyl (C=O) groups excluding carboxylic acids is 1.